The van der Waals surface area contributed by atoms with Crippen molar-refractivity contribution in [2.75, 3.05) is 43.4 Å². The van der Waals surface area contributed by atoms with Crippen LogP contribution < -0.4 is 21.3 Å². The van der Waals surface area contributed by atoms with Gasteiger partial charge in [0.2, 0.25) is 0 Å². The summed E-state index contributed by atoms with van der Waals surface area (Å²) in [4.78, 5) is 1.77. The van der Waals surface area contributed by atoms with Gasteiger partial charge in [-0.25, -0.2) is 8.78 Å². The second-order valence-corrected chi connectivity index (χ2v) is 5.40. The third-order valence-electron chi connectivity index (χ3n) is 3.84. The van der Waals surface area contributed by atoms with Gasteiger partial charge in [-0.15, -0.1) is 0 Å². The van der Waals surface area contributed by atoms with E-state index in [2.05, 4.69) is 17.6 Å². The van der Waals surface area contributed by atoms with Crippen LogP contribution in [0.1, 0.15) is 19.8 Å². The minimum Gasteiger partial charge on any atom is -0.399 e. The molecular weight excluding hydrogens is 274 g/mol. The summed E-state index contributed by atoms with van der Waals surface area (Å²) in [6.07, 6.45) is 1.77. The molecule has 2 rings (SSSR count). The molecule has 118 valence electrons. The standard InChI is InChI=1S/C15H24F2N4/c1-2-19-5-6-20-12-3-7-21(8-4-12)15-13(16)9-11(18)10-14(15)17/h9-10,12,19-20H,2-8,18H2,1H3. The average molecular weight is 298 g/mol. The fourth-order valence-corrected chi connectivity index (χ4v) is 2.74. The third kappa shape index (κ3) is 4.28. The van der Waals surface area contributed by atoms with Crippen LogP contribution in [0.5, 0.6) is 0 Å². The summed E-state index contributed by atoms with van der Waals surface area (Å²) in [5.41, 5.74) is 5.62. The second-order valence-electron chi connectivity index (χ2n) is 5.40. The van der Waals surface area contributed by atoms with Crippen LogP contribution in [0.3, 0.4) is 0 Å². The first-order valence-electron chi connectivity index (χ1n) is 7.55. The SMILES string of the molecule is CCNCCNC1CCN(c2c(F)cc(N)cc2F)CC1. The number of likely N-dealkylation sites (N-methyl/N-ethyl adjacent to an activating group) is 1. The van der Waals surface area contributed by atoms with Gasteiger partial charge >= 0.3 is 0 Å². The highest BCUT2D eigenvalue weighted by atomic mass is 19.1. The van der Waals surface area contributed by atoms with Crippen molar-refractivity contribution < 1.29 is 8.78 Å². The number of anilines is 2. The Bertz CT molecular complexity index is 436. The van der Waals surface area contributed by atoms with Gasteiger partial charge in [0.15, 0.2) is 11.6 Å². The van der Waals surface area contributed by atoms with Gasteiger partial charge in [-0.2, -0.15) is 0 Å². The highest BCUT2D eigenvalue weighted by molar-refractivity contribution is 5.56. The van der Waals surface area contributed by atoms with Crippen molar-refractivity contribution in [3.63, 3.8) is 0 Å². The summed E-state index contributed by atoms with van der Waals surface area (Å²) in [6, 6.07) is 2.78. The lowest BCUT2D eigenvalue weighted by molar-refractivity contribution is 0.408. The number of benzene rings is 1. The molecule has 0 spiro atoms. The van der Waals surface area contributed by atoms with E-state index in [9.17, 15) is 8.78 Å². The van der Waals surface area contributed by atoms with Crippen molar-refractivity contribution in [2.24, 2.45) is 0 Å². The number of nitrogens with zero attached hydrogens (tertiary/aromatic N) is 1. The predicted octanol–water partition coefficient (Wildman–Crippen LogP) is 1.71. The van der Waals surface area contributed by atoms with Gasteiger partial charge in [0.25, 0.3) is 0 Å². The largest absolute Gasteiger partial charge is 0.399 e. The molecule has 1 aromatic carbocycles. The zero-order chi connectivity index (χ0) is 15.2. The fraction of sp³-hybridized carbons (Fsp3) is 0.600. The quantitative estimate of drug-likeness (QED) is 0.553. The molecule has 0 saturated carbocycles. The van der Waals surface area contributed by atoms with Crippen molar-refractivity contribution in [3.05, 3.63) is 23.8 Å². The molecule has 1 aromatic rings. The van der Waals surface area contributed by atoms with Crippen molar-refractivity contribution in [2.45, 2.75) is 25.8 Å². The third-order valence-corrected chi connectivity index (χ3v) is 3.84. The van der Waals surface area contributed by atoms with Crippen LogP contribution >= 0.6 is 0 Å². The van der Waals surface area contributed by atoms with E-state index in [1.165, 1.54) is 12.1 Å². The average Bonchev–Trinajstić information content (AvgIpc) is 2.44. The summed E-state index contributed by atoms with van der Waals surface area (Å²) >= 11 is 0. The summed E-state index contributed by atoms with van der Waals surface area (Å²) in [5.74, 6) is -1.16. The molecule has 0 bridgehead atoms. The Morgan fingerprint density at radius 1 is 1.19 bits per heavy atom. The van der Waals surface area contributed by atoms with Crippen LogP contribution in [-0.2, 0) is 0 Å². The van der Waals surface area contributed by atoms with E-state index in [1.54, 1.807) is 4.90 Å². The van der Waals surface area contributed by atoms with Crippen molar-refractivity contribution in [1.29, 1.82) is 0 Å². The van der Waals surface area contributed by atoms with Gasteiger partial charge in [0.1, 0.15) is 5.69 Å². The lowest BCUT2D eigenvalue weighted by Gasteiger charge is -2.34. The minimum atomic E-state index is -0.578. The molecule has 1 heterocycles. The van der Waals surface area contributed by atoms with E-state index < -0.39 is 11.6 Å². The van der Waals surface area contributed by atoms with Gasteiger partial charge in [-0.1, -0.05) is 6.92 Å². The Labute approximate surface area is 124 Å². The molecule has 1 aliphatic heterocycles. The van der Waals surface area contributed by atoms with E-state index >= 15 is 0 Å². The molecule has 4 nitrogen and oxygen atoms in total. The number of hydrogen-bond acceptors (Lipinski definition) is 4. The lowest BCUT2D eigenvalue weighted by Crippen LogP contribution is -2.44. The smallest absolute Gasteiger partial charge is 0.151 e. The highest BCUT2D eigenvalue weighted by Gasteiger charge is 2.23. The van der Waals surface area contributed by atoms with E-state index in [4.69, 9.17) is 5.73 Å². The van der Waals surface area contributed by atoms with Gasteiger partial charge in [-0.05, 0) is 31.5 Å². The summed E-state index contributed by atoms with van der Waals surface area (Å²) in [7, 11) is 0. The highest BCUT2D eigenvalue weighted by Crippen LogP contribution is 2.28. The van der Waals surface area contributed by atoms with Crippen LogP contribution in [0, 0.1) is 11.6 Å². The first-order valence-corrected chi connectivity index (χ1v) is 7.55. The molecular formula is C15H24F2N4. The molecule has 0 radical (unpaired) electrons. The zero-order valence-corrected chi connectivity index (χ0v) is 12.5. The monoisotopic (exact) mass is 298 g/mol. The van der Waals surface area contributed by atoms with E-state index in [1.807, 2.05) is 0 Å². The first-order chi connectivity index (χ1) is 10.1. The number of nitrogen functional groups attached to an aromatic ring is 1. The molecule has 0 unspecified atom stereocenters. The molecule has 0 aliphatic carbocycles. The molecule has 1 fully saturated rings. The fourth-order valence-electron chi connectivity index (χ4n) is 2.74. The van der Waals surface area contributed by atoms with Crippen LogP contribution in [-0.4, -0.2) is 38.8 Å². The molecule has 0 amide bonds. The van der Waals surface area contributed by atoms with Crippen molar-refractivity contribution in [3.8, 4) is 0 Å². The predicted molar refractivity (Wildman–Crippen MR) is 82.6 cm³/mol. The first kappa shape index (κ1) is 16.0. The van der Waals surface area contributed by atoms with Crippen LogP contribution in [0.25, 0.3) is 0 Å². The van der Waals surface area contributed by atoms with Gasteiger partial charge < -0.3 is 21.3 Å². The van der Waals surface area contributed by atoms with Crippen molar-refractivity contribution in [1.82, 2.24) is 10.6 Å². The van der Waals surface area contributed by atoms with Crippen LogP contribution in [0.2, 0.25) is 0 Å². The molecule has 0 aromatic heterocycles. The topological polar surface area (TPSA) is 53.3 Å². The lowest BCUT2D eigenvalue weighted by atomic mass is 10.0. The maximum atomic E-state index is 13.9. The normalized spacial score (nSPS) is 16.4. The number of halogens is 2. The zero-order valence-electron chi connectivity index (χ0n) is 12.5. The van der Waals surface area contributed by atoms with Crippen molar-refractivity contribution >= 4 is 11.4 Å². The maximum Gasteiger partial charge on any atom is 0.151 e. The maximum absolute atomic E-state index is 13.9. The molecule has 6 heteroatoms. The van der Waals surface area contributed by atoms with E-state index in [0.717, 1.165) is 32.5 Å². The van der Waals surface area contributed by atoms with Crippen LogP contribution in [0.15, 0.2) is 12.1 Å². The van der Waals surface area contributed by atoms with Gasteiger partial charge in [0, 0.05) is 37.9 Å². The number of nitrogens with two attached hydrogens (primary N) is 1. The number of nitrogens with one attached hydrogen (secondary N) is 2. The Kier molecular flexibility index (Phi) is 5.76. The van der Waals surface area contributed by atoms with Gasteiger partial charge in [-0.3, -0.25) is 0 Å². The molecule has 0 atom stereocenters. The summed E-state index contributed by atoms with van der Waals surface area (Å²) in [6.45, 7) is 6.21. The second kappa shape index (κ2) is 7.56. The number of rotatable bonds is 6. The summed E-state index contributed by atoms with van der Waals surface area (Å²) in [5, 5.41) is 6.73. The van der Waals surface area contributed by atoms with E-state index in [0.29, 0.717) is 19.1 Å². The Morgan fingerprint density at radius 2 is 1.81 bits per heavy atom. The summed E-state index contributed by atoms with van der Waals surface area (Å²) < 4.78 is 27.8. The molecule has 21 heavy (non-hydrogen) atoms. The minimum absolute atomic E-state index is 0.0512. The number of piperidine rings is 1. The van der Waals surface area contributed by atoms with Crippen LogP contribution in [0.4, 0.5) is 20.2 Å². The Morgan fingerprint density at radius 3 is 2.38 bits per heavy atom. The Balaban J connectivity index is 1.87. The Hall–Kier alpha value is -1.40. The van der Waals surface area contributed by atoms with Gasteiger partial charge in [0.05, 0.1) is 0 Å². The molecule has 4 N–H and O–H groups in total. The number of hydrogen-bond donors (Lipinski definition) is 3. The van der Waals surface area contributed by atoms with E-state index in [-0.39, 0.29) is 11.4 Å². The molecule has 1 saturated heterocycles. The molecule has 1 aliphatic rings.